The maximum absolute atomic E-state index is 13.4. The van der Waals surface area contributed by atoms with Crippen LogP contribution in [0.1, 0.15) is 24.6 Å². The van der Waals surface area contributed by atoms with Crippen molar-refractivity contribution in [2.24, 2.45) is 0 Å². The highest BCUT2D eigenvalue weighted by Crippen LogP contribution is 2.42. The fraction of sp³-hybridized carbons (Fsp3) is 0.176. The second kappa shape index (κ2) is 6.29. The maximum Gasteiger partial charge on any atom is 0.286 e. The predicted octanol–water partition coefficient (Wildman–Crippen LogP) is 4.34. The van der Waals surface area contributed by atoms with Crippen LogP contribution in [0.25, 0.3) is 5.69 Å². The van der Waals surface area contributed by atoms with Crippen LogP contribution in [0, 0.1) is 15.9 Å². The van der Waals surface area contributed by atoms with Crippen LogP contribution < -0.4 is 0 Å². The molecule has 0 aliphatic heterocycles. The molecule has 6 nitrogen and oxygen atoms in total. The van der Waals surface area contributed by atoms with Crippen molar-refractivity contribution in [3.05, 3.63) is 70.3 Å². The van der Waals surface area contributed by atoms with Crippen LogP contribution in [0.2, 0.25) is 0 Å². The third-order valence-corrected chi connectivity index (χ3v) is 4.95. The summed E-state index contributed by atoms with van der Waals surface area (Å²) in [6.07, 6.45) is 2.12. The Morgan fingerprint density at radius 2 is 1.92 bits per heavy atom. The highest BCUT2D eigenvalue weighted by atomic mass is 32.2. The van der Waals surface area contributed by atoms with Crippen molar-refractivity contribution >= 4 is 17.4 Å². The summed E-state index contributed by atoms with van der Waals surface area (Å²) in [7, 11) is 0. The summed E-state index contributed by atoms with van der Waals surface area (Å²) in [5.74, 6) is 0.586. The summed E-state index contributed by atoms with van der Waals surface area (Å²) in [6.45, 7) is 0. The Morgan fingerprint density at radius 3 is 2.60 bits per heavy atom. The molecule has 1 aliphatic carbocycles. The van der Waals surface area contributed by atoms with Crippen LogP contribution in [-0.4, -0.2) is 19.7 Å². The van der Waals surface area contributed by atoms with E-state index in [-0.39, 0.29) is 5.69 Å². The summed E-state index contributed by atoms with van der Waals surface area (Å²) >= 11 is 1.12. The molecule has 4 rings (SSSR count). The van der Waals surface area contributed by atoms with Gasteiger partial charge in [-0.1, -0.05) is 18.2 Å². The molecule has 1 saturated carbocycles. The summed E-state index contributed by atoms with van der Waals surface area (Å²) in [5.41, 5.74) is 0.627. The summed E-state index contributed by atoms with van der Waals surface area (Å²) in [4.78, 5) is 11.0. The fourth-order valence-corrected chi connectivity index (χ4v) is 3.53. The minimum Gasteiger partial charge on any atom is -0.274 e. The predicted molar refractivity (Wildman–Crippen MR) is 90.5 cm³/mol. The first-order valence-electron chi connectivity index (χ1n) is 7.76. The van der Waals surface area contributed by atoms with Crippen molar-refractivity contribution in [3.63, 3.8) is 0 Å². The third-order valence-electron chi connectivity index (χ3n) is 3.93. The standard InChI is InChI=1S/C17H13FN4O2S/c18-12-8-9-15(14(10-12)22(23)24)25-17-20-19-16(11-6-7-11)21(17)13-4-2-1-3-5-13/h1-5,8-11H,6-7H2. The Bertz CT molecular complexity index is 941. The van der Waals surface area contributed by atoms with E-state index < -0.39 is 10.7 Å². The lowest BCUT2D eigenvalue weighted by molar-refractivity contribution is -0.387. The van der Waals surface area contributed by atoms with Crippen LogP contribution in [0.5, 0.6) is 0 Å². The maximum atomic E-state index is 13.4. The molecule has 25 heavy (non-hydrogen) atoms. The topological polar surface area (TPSA) is 73.8 Å². The number of benzene rings is 2. The molecule has 8 heteroatoms. The molecule has 1 fully saturated rings. The van der Waals surface area contributed by atoms with Crippen molar-refractivity contribution in [2.45, 2.75) is 28.8 Å². The Labute approximate surface area is 146 Å². The minimum absolute atomic E-state index is 0.277. The van der Waals surface area contributed by atoms with E-state index in [0.717, 1.165) is 42.2 Å². The first-order chi connectivity index (χ1) is 12.1. The number of para-hydroxylation sites is 1. The van der Waals surface area contributed by atoms with Gasteiger partial charge in [0.15, 0.2) is 0 Å². The number of nitro groups is 1. The Hall–Kier alpha value is -2.74. The molecule has 0 bridgehead atoms. The highest BCUT2D eigenvalue weighted by molar-refractivity contribution is 7.99. The van der Waals surface area contributed by atoms with Gasteiger partial charge in [-0.25, -0.2) is 4.39 Å². The molecule has 0 atom stereocenters. The highest BCUT2D eigenvalue weighted by Gasteiger charge is 2.31. The smallest absolute Gasteiger partial charge is 0.274 e. The van der Waals surface area contributed by atoms with Gasteiger partial charge in [0.2, 0.25) is 5.16 Å². The molecule has 3 aromatic rings. The van der Waals surface area contributed by atoms with Gasteiger partial charge in [0.05, 0.1) is 15.9 Å². The Balaban J connectivity index is 1.79. The fourth-order valence-electron chi connectivity index (χ4n) is 2.59. The van der Waals surface area contributed by atoms with Gasteiger partial charge >= 0.3 is 0 Å². The lowest BCUT2D eigenvalue weighted by Gasteiger charge is -2.09. The molecule has 0 amide bonds. The van der Waals surface area contributed by atoms with Crippen LogP contribution in [0.4, 0.5) is 10.1 Å². The van der Waals surface area contributed by atoms with Gasteiger partial charge < -0.3 is 0 Å². The van der Waals surface area contributed by atoms with E-state index in [0.29, 0.717) is 16.0 Å². The van der Waals surface area contributed by atoms with Gasteiger partial charge in [-0.3, -0.25) is 14.7 Å². The van der Waals surface area contributed by atoms with Gasteiger partial charge in [-0.05, 0) is 48.9 Å². The van der Waals surface area contributed by atoms with Gasteiger partial charge in [-0.2, -0.15) is 0 Å². The zero-order chi connectivity index (χ0) is 17.4. The van der Waals surface area contributed by atoms with E-state index in [1.54, 1.807) is 0 Å². The second-order valence-electron chi connectivity index (χ2n) is 5.76. The Morgan fingerprint density at radius 1 is 1.16 bits per heavy atom. The van der Waals surface area contributed by atoms with Gasteiger partial charge in [-0.15, -0.1) is 10.2 Å². The minimum atomic E-state index is -0.640. The van der Waals surface area contributed by atoms with Gasteiger partial charge in [0.25, 0.3) is 5.69 Å². The lowest BCUT2D eigenvalue weighted by Crippen LogP contribution is -2.01. The van der Waals surface area contributed by atoms with Crippen LogP contribution in [0.15, 0.2) is 58.6 Å². The molecule has 1 heterocycles. The average Bonchev–Trinajstić information content (AvgIpc) is 3.38. The number of halogens is 1. The number of nitrogens with zero attached hydrogens (tertiary/aromatic N) is 4. The molecular formula is C17H13FN4O2S. The lowest BCUT2D eigenvalue weighted by atomic mass is 10.3. The van der Waals surface area contributed by atoms with Gasteiger partial charge in [0.1, 0.15) is 11.6 Å². The monoisotopic (exact) mass is 356 g/mol. The second-order valence-corrected chi connectivity index (χ2v) is 6.77. The van der Waals surface area contributed by atoms with Gasteiger partial charge in [0, 0.05) is 11.6 Å². The van der Waals surface area contributed by atoms with E-state index in [4.69, 9.17) is 0 Å². The molecule has 126 valence electrons. The van der Waals surface area contributed by atoms with Crippen molar-refractivity contribution < 1.29 is 9.31 Å². The number of hydrogen-bond donors (Lipinski definition) is 0. The van der Waals surface area contributed by atoms with E-state index >= 15 is 0 Å². The molecule has 1 aromatic heterocycles. The SMILES string of the molecule is O=[N+]([O-])c1cc(F)ccc1Sc1nnc(C2CC2)n1-c1ccccc1. The van der Waals surface area contributed by atoms with E-state index in [2.05, 4.69) is 10.2 Å². The molecule has 0 saturated heterocycles. The molecule has 0 N–H and O–H groups in total. The normalized spacial score (nSPS) is 13.8. The molecule has 2 aromatic carbocycles. The molecule has 1 aliphatic rings. The zero-order valence-electron chi connectivity index (χ0n) is 13.0. The summed E-state index contributed by atoms with van der Waals surface area (Å²) < 4.78 is 15.3. The molecule has 0 radical (unpaired) electrons. The van der Waals surface area contributed by atoms with Crippen molar-refractivity contribution in [3.8, 4) is 5.69 Å². The van der Waals surface area contributed by atoms with Crippen LogP contribution >= 0.6 is 11.8 Å². The van der Waals surface area contributed by atoms with E-state index in [9.17, 15) is 14.5 Å². The Kier molecular flexibility index (Phi) is 3.96. The number of hydrogen-bond acceptors (Lipinski definition) is 5. The van der Waals surface area contributed by atoms with Crippen molar-refractivity contribution in [2.75, 3.05) is 0 Å². The van der Waals surface area contributed by atoms with E-state index in [1.165, 1.54) is 12.1 Å². The quantitative estimate of drug-likeness (QED) is 0.502. The molecular weight excluding hydrogens is 343 g/mol. The average molecular weight is 356 g/mol. The van der Waals surface area contributed by atoms with Crippen molar-refractivity contribution in [1.29, 1.82) is 0 Å². The molecule has 0 spiro atoms. The largest absolute Gasteiger partial charge is 0.286 e. The van der Waals surface area contributed by atoms with E-state index in [1.807, 2.05) is 34.9 Å². The van der Waals surface area contributed by atoms with Crippen molar-refractivity contribution in [1.82, 2.24) is 14.8 Å². The number of rotatable bonds is 5. The zero-order valence-corrected chi connectivity index (χ0v) is 13.8. The molecule has 0 unspecified atom stereocenters. The first kappa shape index (κ1) is 15.8. The van der Waals surface area contributed by atoms with Crippen LogP contribution in [-0.2, 0) is 0 Å². The third kappa shape index (κ3) is 3.12. The summed E-state index contributed by atoms with van der Waals surface area (Å²) in [5, 5.41) is 20.3. The first-order valence-corrected chi connectivity index (χ1v) is 8.57. The summed E-state index contributed by atoms with van der Waals surface area (Å²) in [6, 6.07) is 13.2. The number of nitro benzene ring substituents is 1. The van der Waals surface area contributed by atoms with Crippen LogP contribution in [0.3, 0.4) is 0 Å². The number of aromatic nitrogens is 3.